The van der Waals surface area contributed by atoms with E-state index < -0.39 is 0 Å². The van der Waals surface area contributed by atoms with Crippen LogP contribution in [0.5, 0.6) is 0 Å². The van der Waals surface area contributed by atoms with Gasteiger partial charge in [-0.25, -0.2) is 0 Å². The average Bonchev–Trinajstić information content (AvgIpc) is 3.43. The fraction of sp³-hybridized carbons (Fsp3) is 0.636. The zero-order valence-corrected chi connectivity index (χ0v) is 16.4. The number of hydrogen-bond acceptors (Lipinski definition) is 2. The topological polar surface area (TPSA) is 49.4 Å². The minimum absolute atomic E-state index is 0.0283. The highest BCUT2D eigenvalue weighted by atomic mass is 16.2. The minimum atomic E-state index is -0.320. The highest BCUT2D eigenvalue weighted by Gasteiger charge is 2.49. The quantitative estimate of drug-likeness (QED) is 0.847. The summed E-state index contributed by atoms with van der Waals surface area (Å²) in [6, 6.07) is 10.0. The number of rotatable bonds is 6. The average molecular weight is 357 g/mol. The van der Waals surface area contributed by atoms with Crippen molar-refractivity contribution in [3.8, 4) is 0 Å². The molecule has 1 saturated carbocycles. The molecule has 2 aliphatic rings. The van der Waals surface area contributed by atoms with Crippen molar-refractivity contribution in [3.63, 3.8) is 0 Å². The monoisotopic (exact) mass is 356 g/mol. The van der Waals surface area contributed by atoms with Gasteiger partial charge in [0.15, 0.2) is 0 Å². The Morgan fingerprint density at radius 2 is 1.92 bits per heavy atom. The highest BCUT2D eigenvalue weighted by Crippen LogP contribution is 2.49. The molecule has 3 rings (SSSR count). The summed E-state index contributed by atoms with van der Waals surface area (Å²) in [6.07, 6.45) is 2.63. The Labute approximate surface area is 157 Å². The lowest BCUT2D eigenvalue weighted by Gasteiger charge is -2.42. The second-order valence-electron chi connectivity index (χ2n) is 8.50. The molecule has 1 N–H and O–H groups in total. The van der Waals surface area contributed by atoms with Gasteiger partial charge in [0.1, 0.15) is 6.04 Å². The van der Waals surface area contributed by atoms with Crippen molar-refractivity contribution in [3.05, 3.63) is 35.9 Å². The maximum atomic E-state index is 13.3. The van der Waals surface area contributed by atoms with Gasteiger partial charge >= 0.3 is 0 Å². The molecule has 0 bridgehead atoms. The van der Waals surface area contributed by atoms with E-state index >= 15 is 0 Å². The molecule has 0 radical (unpaired) electrons. The van der Waals surface area contributed by atoms with E-state index in [1.807, 2.05) is 23.1 Å². The molecule has 2 amide bonds. The van der Waals surface area contributed by atoms with E-state index in [4.69, 9.17) is 0 Å². The molecule has 5 atom stereocenters. The Kier molecular flexibility index (Phi) is 5.69. The molecule has 1 heterocycles. The SMILES string of the molecule is CCC(C)[C@H]1CN(C(=O)[C@@H]2C[C@H]2c2ccccc2)[C@@H](CC(C)C)C(=O)N1. The van der Waals surface area contributed by atoms with Gasteiger partial charge in [0.05, 0.1) is 0 Å². The van der Waals surface area contributed by atoms with E-state index in [2.05, 4.69) is 45.1 Å². The van der Waals surface area contributed by atoms with Crippen molar-refractivity contribution in [1.29, 1.82) is 0 Å². The summed E-state index contributed by atoms with van der Waals surface area (Å²) in [5, 5.41) is 3.18. The molecule has 1 aromatic carbocycles. The van der Waals surface area contributed by atoms with Crippen LogP contribution in [-0.2, 0) is 9.59 Å². The van der Waals surface area contributed by atoms with Gasteiger partial charge in [-0.1, -0.05) is 64.4 Å². The van der Waals surface area contributed by atoms with Crippen LogP contribution in [0.1, 0.15) is 58.4 Å². The number of piperazine rings is 1. The Hall–Kier alpha value is -1.84. The number of carbonyl (C=O) groups is 2. The molecular formula is C22H32N2O2. The predicted octanol–water partition coefficient (Wildman–Crippen LogP) is 3.58. The third-order valence-corrected chi connectivity index (χ3v) is 6.04. The Morgan fingerprint density at radius 3 is 2.54 bits per heavy atom. The lowest BCUT2D eigenvalue weighted by atomic mass is 9.92. The largest absolute Gasteiger partial charge is 0.350 e. The van der Waals surface area contributed by atoms with Gasteiger partial charge in [-0.3, -0.25) is 9.59 Å². The third kappa shape index (κ3) is 3.94. The number of amides is 2. The third-order valence-electron chi connectivity index (χ3n) is 6.04. The zero-order chi connectivity index (χ0) is 18.8. The molecule has 1 aliphatic heterocycles. The summed E-state index contributed by atoms with van der Waals surface area (Å²) < 4.78 is 0. The molecule has 1 unspecified atom stereocenters. The first-order valence-electron chi connectivity index (χ1n) is 10.1. The van der Waals surface area contributed by atoms with Crippen molar-refractivity contribution in [2.24, 2.45) is 17.8 Å². The molecule has 4 nitrogen and oxygen atoms in total. The second kappa shape index (κ2) is 7.81. The Balaban J connectivity index is 1.76. The fourth-order valence-corrected chi connectivity index (χ4v) is 4.09. The van der Waals surface area contributed by atoms with Gasteiger partial charge in [-0.15, -0.1) is 0 Å². The molecule has 4 heteroatoms. The highest BCUT2D eigenvalue weighted by molar-refractivity contribution is 5.91. The van der Waals surface area contributed by atoms with Crippen LogP contribution in [0.2, 0.25) is 0 Å². The van der Waals surface area contributed by atoms with E-state index in [1.165, 1.54) is 5.56 Å². The van der Waals surface area contributed by atoms with Crippen molar-refractivity contribution in [2.45, 2.75) is 65.0 Å². The maximum absolute atomic E-state index is 13.3. The van der Waals surface area contributed by atoms with Crippen LogP contribution in [0.3, 0.4) is 0 Å². The second-order valence-corrected chi connectivity index (χ2v) is 8.50. The molecule has 26 heavy (non-hydrogen) atoms. The molecule has 2 fully saturated rings. The molecule has 0 spiro atoms. The van der Waals surface area contributed by atoms with Crippen LogP contribution in [0.25, 0.3) is 0 Å². The Bertz CT molecular complexity index is 643. The van der Waals surface area contributed by atoms with Crippen molar-refractivity contribution < 1.29 is 9.59 Å². The summed E-state index contributed by atoms with van der Waals surface area (Å²) in [6.45, 7) is 9.16. The van der Waals surface area contributed by atoms with E-state index in [0.717, 1.165) is 19.3 Å². The Morgan fingerprint density at radius 1 is 1.23 bits per heavy atom. The fourth-order valence-electron chi connectivity index (χ4n) is 4.09. The first kappa shape index (κ1) is 18.9. The summed E-state index contributed by atoms with van der Waals surface area (Å²) in [7, 11) is 0. The van der Waals surface area contributed by atoms with Crippen LogP contribution in [0.4, 0.5) is 0 Å². The first-order chi connectivity index (χ1) is 12.4. The molecule has 142 valence electrons. The first-order valence-corrected chi connectivity index (χ1v) is 10.1. The number of benzene rings is 1. The molecule has 1 aromatic rings. The summed E-state index contributed by atoms with van der Waals surface area (Å²) in [5.41, 5.74) is 1.24. The van der Waals surface area contributed by atoms with Crippen LogP contribution >= 0.6 is 0 Å². The maximum Gasteiger partial charge on any atom is 0.243 e. The van der Waals surface area contributed by atoms with Gasteiger partial charge in [-0.05, 0) is 36.2 Å². The standard InChI is InChI=1S/C22H32N2O2/c1-5-15(4)19-13-24(20(11-14(2)3)21(25)23-19)22(26)18-12-17(18)16-9-7-6-8-10-16/h6-10,14-15,17-20H,5,11-13H2,1-4H3,(H,23,25)/t15?,17-,18+,19+,20-/m0/s1. The van der Waals surface area contributed by atoms with Gasteiger partial charge in [0.2, 0.25) is 11.8 Å². The van der Waals surface area contributed by atoms with Crippen LogP contribution in [-0.4, -0.2) is 35.3 Å². The smallest absolute Gasteiger partial charge is 0.243 e. The normalized spacial score (nSPS) is 29.4. The number of carbonyl (C=O) groups excluding carboxylic acids is 2. The summed E-state index contributed by atoms with van der Waals surface area (Å²) in [5.74, 6) is 1.31. The lowest BCUT2D eigenvalue weighted by molar-refractivity contribution is -0.147. The summed E-state index contributed by atoms with van der Waals surface area (Å²) >= 11 is 0. The van der Waals surface area contributed by atoms with Crippen LogP contribution < -0.4 is 5.32 Å². The van der Waals surface area contributed by atoms with E-state index in [9.17, 15) is 9.59 Å². The van der Waals surface area contributed by atoms with Gasteiger partial charge in [0, 0.05) is 18.5 Å². The van der Waals surface area contributed by atoms with Crippen LogP contribution in [0.15, 0.2) is 30.3 Å². The zero-order valence-electron chi connectivity index (χ0n) is 16.4. The minimum Gasteiger partial charge on any atom is -0.350 e. The molecule has 1 saturated heterocycles. The molecule has 1 aliphatic carbocycles. The van der Waals surface area contributed by atoms with Gasteiger partial charge in [0.25, 0.3) is 0 Å². The van der Waals surface area contributed by atoms with Crippen molar-refractivity contribution in [2.75, 3.05) is 6.54 Å². The number of hydrogen-bond donors (Lipinski definition) is 1. The van der Waals surface area contributed by atoms with Crippen LogP contribution in [0, 0.1) is 17.8 Å². The number of nitrogens with zero attached hydrogens (tertiary/aromatic N) is 1. The number of nitrogens with one attached hydrogen (secondary N) is 1. The summed E-state index contributed by atoms with van der Waals surface area (Å²) in [4.78, 5) is 28.0. The van der Waals surface area contributed by atoms with Crippen molar-refractivity contribution >= 4 is 11.8 Å². The predicted molar refractivity (Wildman–Crippen MR) is 104 cm³/mol. The molecular weight excluding hydrogens is 324 g/mol. The van der Waals surface area contributed by atoms with E-state index in [1.54, 1.807) is 0 Å². The lowest BCUT2D eigenvalue weighted by Crippen LogP contribution is -2.63. The molecule has 0 aromatic heterocycles. The van der Waals surface area contributed by atoms with Gasteiger partial charge in [-0.2, -0.15) is 0 Å². The van der Waals surface area contributed by atoms with Gasteiger partial charge < -0.3 is 10.2 Å². The van der Waals surface area contributed by atoms with E-state index in [-0.39, 0.29) is 29.8 Å². The van der Waals surface area contributed by atoms with E-state index in [0.29, 0.717) is 24.3 Å². The van der Waals surface area contributed by atoms with Crippen molar-refractivity contribution in [1.82, 2.24) is 10.2 Å².